The van der Waals surface area contributed by atoms with Crippen LogP contribution in [0.4, 0.5) is 0 Å². The fourth-order valence-corrected chi connectivity index (χ4v) is 4.95. The van der Waals surface area contributed by atoms with Gasteiger partial charge in [-0.25, -0.2) is 0 Å². The maximum atomic E-state index is 13.2. The molecule has 0 aliphatic carbocycles. The Morgan fingerprint density at radius 1 is 0.938 bits per heavy atom. The van der Waals surface area contributed by atoms with Crippen molar-refractivity contribution in [3.8, 4) is 17.6 Å². The van der Waals surface area contributed by atoms with E-state index in [0.29, 0.717) is 17.1 Å². The van der Waals surface area contributed by atoms with E-state index in [-0.39, 0.29) is 5.92 Å². The summed E-state index contributed by atoms with van der Waals surface area (Å²) in [5, 5.41) is 14.0. The second-order valence-electron chi connectivity index (χ2n) is 7.84. The molecule has 0 bridgehead atoms. The number of fused-ring (bicyclic) bond motifs is 1. The summed E-state index contributed by atoms with van der Waals surface area (Å²) in [5.41, 5.74) is 0.577. The van der Waals surface area contributed by atoms with Gasteiger partial charge in [-0.3, -0.25) is 4.79 Å². The zero-order chi connectivity index (χ0) is 22.5. The van der Waals surface area contributed by atoms with E-state index < -0.39 is 18.0 Å². The summed E-state index contributed by atoms with van der Waals surface area (Å²) >= 11 is 1.56. The SMILES string of the molecule is CC(C)C(C(=O)OC(C#N)c1cccc(Oc2ccccc2)c1)c1scc2ccccc12. The molecule has 4 nitrogen and oxygen atoms in total. The van der Waals surface area contributed by atoms with E-state index >= 15 is 0 Å². The maximum absolute atomic E-state index is 13.2. The predicted octanol–water partition coefficient (Wildman–Crippen LogP) is 7.24. The van der Waals surface area contributed by atoms with Crippen molar-refractivity contribution >= 4 is 28.1 Å². The molecule has 0 aliphatic heterocycles. The van der Waals surface area contributed by atoms with E-state index in [0.717, 1.165) is 15.6 Å². The van der Waals surface area contributed by atoms with Crippen molar-refractivity contribution in [2.45, 2.75) is 25.9 Å². The molecule has 1 aromatic heterocycles. The van der Waals surface area contributed by atoms with Crippen LogP contribution in [-0.2, 0) is 9.53 Å². The summed E-state index contributed by atoms with van der Waals surface area (Å²) in [7, 11) is 0. The van der Waals surface area contributed by atoms with E-state index in [1.54, 1.807) is 29.5 Å². The Kier molecular flexibility index (Phi) is 6.53. The Bertz CT molecular complexity index is 1260. The van der Waals surface area contributed by atoms with Crippen LogP contribution in [-0.4, -0.2) is 5.97 Å². The summed E-state index contributed by atoms with van der Waals surface area (Å²) < 4.78 is 11.6. The van der Waals surface area contributed by atoms with Crippen LogP contribution in [0.1, 0.15) is 36.3 Å². The fourth-order valence-electron chi connectivity index (χ4n) is 3.66. The molecule has 0 saturated heterocycles. The molecule has 2 atom stereocenters. The van der Waals surface area contributed by atoms with Crippen LogP contribution in [0.25, 0.3) is 10.8 Å². The summed E-state index contributed by atoms with van der Waals surface area (Å²) in [4.78, 5) is 14.2. The van der Waals surface area contributed by atoms with Crippen LogP contribution in [0.2, 0.25) is 0 Å². The first kappa shape index (κ1) is 21.6. The average Bonchev–Trinajstić information content (AvgIpc) is 3.22. The highest BCUT2D eigenvalue weighted by Crippen LogP contribution is 2.38. The molecule has 5 heteroatoms. The third-order valence-electron chi connectivity index (χ3n) is 5.23. The Labute approximate surface area is 191 Å². The molecule has 32 heavy (non-hydrogen) atoms. The van der Waals surface area contributed by atoms with E-state index in [1.807, 2.05) is 74.5 Å². The van der Waals surface area contributed by atoms with Crippen LogP contribution in [0.3, 0.4) is 0 Å². The van der Waals surface area contributed by atoms with Crippen LogP contribution in [0.5, 0.6) is 11.5 Å². The van der Waals surface area contributed by atoms with Gasteiger partial charge in [0.25, 0.3) is 0 Å². The molecule has 0 spiro atoms. The number of thiophene rings is 1. The van der Waals surface area contributed by atoms with E-state index in [9.17, 15) is 10.1 Å². The first-order valence-corrected chi connectivity index (χ1v) is 11.3. The molecule has 1 heterocycles. The van der Waals surface area contributed by atoms with Gasteiger partial charge in [0.2, 0.25) is 6.10 Å². The molecule has 0 N–H and O–H groups in total. The van der Waals surface area contributed by atoms with Crippen molar-refractivity contribution < 1.29 is 14.3 Å². The molecule has 3 aromatic carbocycles. The minimum Gasteiger partial charge on any atom is -0.457 e. The highest BCUT2D eigenvalue weighted by atomic mass is 32.1. The highest BCUT2D eigenvalue weighted by Gasteiger charge is 2.31. The highest BCUT2D eigenvalue weighted by molar-refractivity contribution is 7.11. The Morgan fingerprint density at radius 3 is 2.41 bits per heavy atom. The number of ether oxygens (including phenoxy) is 2. The number of esters is 1. The monoisotopic (exact) mass is 441 g/mol. The van der Waals surface area contributed by atoms with Gasteiger partial charge in [-0.15, -0.1) is 11.3 Å². The Balaban J connectivity index is 1.57. The normalized spacial score (nSPS) is 12.8. The zero-order valence-electron chi connectivity index (χ0n) is 17.9. The van der Waals surface area contributed by atoms with Crippen molar-refractivity contribution in [3.63, 3.8) is 0 Å². The van der Waals surface area contributed by atoms with Crippen LogP contribution < -0.4 is 4.74 Å². The van der Waals surface area contributed by atoms with Gasteiger partial charge in [0.15, 0.2) is 0 Å². The van der Waals surface area contributed by atoms with Gasteiger partial charge in [0.1, 0.15) is 17.6 Å². The number of nitrogens with zero attached hydrogens (tertiary/aromatic N) is 1. The second kappa shape index (κ2) is 9.67. The lowest BCUT2D eigenvalue weighted by Gasteiger charge is -2.21. The smallest absolute Gasteiger partial charge is 0.316 e. The number of para-hydroxylation sites is 1. The summed E-state index contributed by atoms with van der Waals surface area (Å²) in [6.45, 7) is 3.99. The number of hydrogen-bond donors (Lipinski definition) is 0. The Hall–Kier alpha value is -3.62. The zero-order valence-corrected chi connectivity index (χ0v) is 18.7. The number of rotatable bonds is 7. The van der Waals surface area contributed by atoms with Gasteiger partial charge >= 0.3 is 5.97 Å². The molecule has 4 aromatic rings. The number of carbonyl (C=O) groups is 1. The lowest BCUT2D eigenvalue weighted by Crippen LogP contribution is -2.22. The van der Waals surface area contributed by atoms with Gasteiger partial charge < -0.3 is 9.47 Å². The molecule has 0 saturated carbocycles. The van der Waals surface area contributed by atoms with Crippen molar-refractivity contribution in [3.05, 3.63) is 94.7 Å². The third-order valence-corrected chi connectivity index (χ3v) is 6.33. The molecule has 0 aliphatic rings. The molecule has 4 rings (SSSR count). The van der Waals surface area contributed by atoms with Crippen molar-refractivity contribution in [2.24, 2.45) is 5.92 Å². The second-order valence-corrected chi connectivity index (χ2v) is 8.75. The summed E-state index contributed by atoms with van der Waals surface area (Å²) in [5.74, 6) is 0.457. The quantitative estimate of drug-likeness (QED) is 0.284. The number of nitriles is 1. The summed E-state index contributed by atoms with van der Waals surface area (Å²) in [6.07, 6.45) is -1.02. The minimum atomic E-state index is -1.02. The van der Waals surface area contributed by atoms with Gasteiger partial charge in [0, 0.05) is 10.4 Å². The molecular weight excluding hydrogens is 418 g/mol. The molecule has 0 amide bonds. The van der Waals surface area contributed by atoms with Crippen molar-refractivity contribution in [1.82, 2.24) is 0 Å². The molecule has 0 fully saturated rings. The molecule has 160 valence electrons. The van der Waals surface area contributed by atoms with E-state index in [4.69, 9.17) is 9.47 Å². The van der Waals surface area contributed by atoms with Gasteiger partial charge in [0.05, 0.1) is 5.92 Å². The van der Waals surface area contributed by atoms with Crippen LogP contribution >= 0.6 is 11.3 Å². The number of benzene rings is 3. The first-order valence-electron chi connectivity index (χ1n) is 10.5. The fraction of sp³-hybridized carbons (Fsp3) is 0.185. The largest absolute Gasteiger partial charge is 0.457 e. The van der Waals surface area contributed by atoms with Crippen molar-refractivity contribution in [2.75, 3.05) is 0 Å². The number of hydrogen-bond acceptors (Lipinski definition) is 5. The summed E-state index contributed by atoms with van der Waals surface area (Å²) in [6, 6.07) is 26.6. The number of carbonyl (C=O) groups excluding carboxylic acids is 1. The van der Waals surface area contributed by atoms with Crippen LogP contribution in [0, 0.1) is 17.2 Å². The van der Waals surface area contributed by atoms with E-state index in [1.165, 1.54) is 0 Å². The van der Waals surface area contributed by atoms with Gasteiger partial charge in [-0.05, 0) is 46.3 Å². The standard InChI is InChI=1S/C27H23NO3S/c1-18(2)25(26-23-14-7-6-9-20(23)17-32-26)27(29)31-24(16-28)19-10-8-13-22(15-19)30-21-11-4-3-5-12-21/h3-15,17-18,24-25H,1-2H3. The Morgan fingerprint density at radius 2 is 1.66 bits per heavy atom. The van der Waals surface area contributed by atoms with Gasteiger partial charge in [-0.1, -0.05) is 68.4 Å². The third kappa shape index (κ3) is 4.66. The van der Waals surface area contributed by atoms with Gasteiger partial charge in [-0.2, -0.15) is 5.26 Å². The lowest BCUT2D eigenvalue weighted by atomic mass is 9.92. The first-order chi connectivity index (χ1) is 15.6. The predicted molar refractivity (Wildman–Crippen MR) is 127 cm³/mol. The lowest BCUT2D eigenvalue weighted by molar-refractivity contribution is -0.149. The van der Waals surface area contributed by atoms with E-state index in [2.05, 4.69) is 11.4 Å². The molecule has 0 radical (unpaired) electrons. The minimum absolute atomic E-state index is 0.0247. The topological polar surface area (TPSA) is 59.3 Å². The molecular formula is C27H23NO3S. The molecule has 2 unspecified atom stereocenters. The average molecular weight is 442 g/mol. The maximum Gasteiger partial charge on any atom is 0.316 e. The van der Waals surface area contributed by atoms with Crippen LogP contribution in [0.15, 0.2) is 84.2 Å². The van der Waals surface area contributed by atoms with Crippen molar-refractivity contribution in [1.29, 1.82) is 5.26 Å².